The van der Waals surface area contributed by atoms with Crippen molar-refractivity contribution in [3.8, 4) is 0 Å². The third-order valence-electron chi connectivity index (χ3n) is 3.04. The van der Waals surface area contributed by atoms with Crippen molar-refractivity contribution in [3.63, 3.8) is 0 Å². The minimum Gasteiger partial charge on any atom is -0.308 e. The second kappa shape index (κ2) is 7.08. The number of rotatable bonds is 4. The van der Waals surface area contributed by atoms with Crippen LogP contribution in [0.2, 0.25) is 0 Å². The van der Waals surface area contributed by atoms with Gasteiger partial charge in [-0.15, -0.1) is 0 Å². The van der Waals surface area contributed by atoms with E-state index in [1.165, 1.54) is 12.7 Å². The van der Waals surface area contributed by atoms with E-state index in [0.29, 0.717) is 11.4 Å². The van der Waals surface area contributed by atoms with E-state index in [-0.39, 0.29) is 11.9 Å². The van der Waals surface area contributed by atoms with Crippen LogP contribution in [0.25, 0.3) is 0 Å². The standard InChI is InChI=1S/C13H14N10O2/c1-7-2-3-8(18-12(24)20-10-14-5-16-22-10)4-9(7)19-13(25)21-11-15-6-17-23-11/h2-6H,1H3,(H3,14,16,18,20,22,24)(H3,15,17,19,21,23,25). The quantitative estimate of drug-likeness (QED) is 0.420. The molecule has 0 spiro atoms. The molecule has 0 aliphatic carbocycles. The molecule has 128 valence electrons. The predicted molar refractivity (Wildman–Crippen MR) is 89.2 cm³/mol. The number of nitrogens with zero attached hydrogens (tertiary/aromatic N) is 4. The minimum absolute atomic E-state index is 0.217. The van der Waals surface area contributed by atoms with Crippen LogP contribution in [0.5, 0.6) is 0 Å². The third kappa shape index (κ3) is 4.28. The van der Waals surface area contributed by atoms with Gasteiger partial charge in [-0.1, -0.05) is 6.07 Å². The van der Waals surface area contributed by atoms with Crippen LogP contribution in [0.4, 0.5) is 32.9 Å². The van der Waals surface area contributed by atoms with Crippen LogP contribution in [0.15, 0.2) is 30.9 Å². The van der Waals surface area contributed by atoms with Gasteiger partial charge in [0.2, 0.25) is 11.9 Å². The number of aromatic nitrogens is 6. The van der Waals surface area contributed by atoms with Crippen molar-refractivity contribution in [2.75, 3.05) is 21.3 Å². The summed E-state index contributed by atoms with van der Waals surface area (Å²) in [6.07, 6.45) is 2.55. The fourth-order valence-electron chi connectivity index (χ4n) is 1.90. The smallest absolute Gasteiger partial charge is 0.308 e. The Labute approximate surface area is 140 Å². The predicted octanol–water partition coefficient (Wildman–Crippen LogP) is 1.52. The maximum atomic E-state index is 11.9. The second-order valence-corrected chi connectivity index (χ2v) is 4.86. The zero-order valence-corrected chi connectivity index (χ0v) is 13.0. The lowest BCUT2D eigenvalue weighted by Crippen LogP contribution is -2.22. The first kappa shape index (κ1) is 15.9. The largest absolute Gasteiger partial charge is 0.326 e. The number of urea groups is 2. The van der Waals surface area contributed by atoms with Crippen molar-refractivity contribution in [3.05, 3.63) is 36.4 Å². The average molecular weight is 342 g/mol. The molecule has 2 aromatic heterocycles. The first-order valence-electron chi connectivity index (χ1n) is 7.07. The van der Waals surface area contributed by atoms with Crippen molar-refractivity contribution in [1.29, 1.82) is 0 Å². The van der Waals surface area contributed by atoms with Crippen LogP contribution >= 0.6 is 0 Å². The molecule has 0 unspecified atom stereocenters. The minimum atomic E-state index is -0.502. The fraction of sp³-hybridized carbons (Fsp3) is 0.0769. The summed E-state index contributed by atoms with van der Waals surface area (Å²) in [6.45, 7) is 1.82. The first-order chi connectivity index (χ1) is 12.1. The zero-order valence-electron chi connectivity index (χ0n) is 13.0. The van der Waals surface area contributed by atoms with Crippen LogP contribution < -0.4 is 21.3 Å². The highest BCUT2D eigenvalue weighted by Crippen LogP contribution is 2.20. The lowest BCUT2D eigenvalue weighted by Gasteiger charge is -2.11. The molecule has 0 atom stereocenters. The Morgan fingerprint density at radius 3 is 2.04 bits per heavy atom. The SMILES string of the molecule is Cc1ccc(NC(=O)Nc2ncn[nH]2)cc1NC(=O)Nc1ncn[nH]1. The molecule has 2 heterocycles. The van der Waals surface area contributed by atoms with Crippen LogP contribution in [-0.2, 0) is 0 Å². The molecule has 3 rings (SSSR count). The van der Waals surface area contributed by atoms with Gasteiger partial charge in [0, 0.05) is 11.4 Å². The summed E-state index contributed by atoms with van der Waals surface area (Å²) >= 11 is 0. The van der Waals surface area contributed by atoms with Gasteiger partial charge in [0.15, 0.2) is 0 Å². The summed E-state index contributed by atoms with van der Waals surface area (Å²) in [6, 6.07) is 4.08. The number of aryl methyl sites for hydroxylation is 1. The summed E-state index contributed by atoms with van der Waals surface area (Å²) < 4.78 is 0. The highest BCUT2D eigenvalue weighted by atomic mass is 16.2. The Kier molecular flexibility index (Phi) is 4.51. The van der Waals surface area contributed by atoms with E-state index in [1.807, 2.05) is 6.92 Å². The van der Waals surface area contributed by atoms with Crippen molar-refractivity contribution in [2.45, 2.75) is 6.92 Å². The number of aromatic amines is 2. The first-order valence-corrected chi connectivity index (χ1v) is 7.07. The maximum absolute atomic E-state index is 11.9. The Hall–Kier alpha value is -3.96. The lowest BCUT2D eigenvalue weighted by atomic mass is 10.2. The number of carbonyl (C=O) groups excluding carboxylic acids is 2. The highest BCUT2D eigenvalue weighted by Gasteiger charge is 2.09. The Bertz CT molecular complexity index is 859. The van der Waals surface area contributed by atoms with E-state index in [2.05, 4.69) is 51.6 Å². The number of benzene rings is 1. The summed E-state index contributed by atoms with van der Waals surface area (Å²) in [5.41, 5.74) is 1.82. The number of carbonyl (C=O) groups is 2. The number of hydrogen-bond donors (Lipinski definition) is 6. The molecule has 4 amide bonds. The van der Waals surface area contributed by atoms with Gasteiger partial charge >= 0.3 is 12.1 Å². The Morgan fingerprint density at radius 2 is 1.48 bits per heavy atom. The molecule has 0 saturated carbocycles. The summed E-state index contributed by atoms with van der Waals surface area (Å²) in [7, 11) is 0. The fourth-order valence-corrected chi connectivity index (χ4v) is 1.90. The van der Waals surface area contributed by atoms with Crippen molar-refractivity contribution >= 4 is 35.3 Å². The molecule has 0 radical (unpaired) electrons. The van der Waals surface area contributed by atoms with Gasteiger partial charge in [0.1, 0.15) is 12.7 Å². The summed E-state index contributed by atoms with van der Waals surface area (Å²) in [5, 5.41) is 22.5. The van der Waals surface area contributed by atoms with E-state index in [9.17, 15) is 9.59 Å². The molecule has 0 fully saturated rings. The average Bonchev–Trinajstić information content (AvgIpc) is 3.24. The van der Waals surface area contributed by atoms with Gasteiger partial charge in [-0.25, -0.2) is 19.8 Å². The molecule has 6 N–H and O–H groups in total. The van der Waals surface area contributed by atoms with Gasteiger partial charge in [-0.2, -0.15) is 20.2 Å². The van der Waals surface area contributed by atoms with E-state index >= 15 is 0 Å². The van der Waals surface area contributed by atoms with E-state index in [4.69, 9.17) is 0 Å². The molecule has 1 aromatic carbocycles. The monoisotopic (exact) mass is 342 g/mol. The van der Waals surface area contributed by atoms with Crippen molar-refractivity contribution in [2.24, 2.45) is 0 Å². The molecule has 0 bridgehead atoms. The van der Waals surface area contributed by atoms with E-state index in [0.717, 1.165) is 5.56 Å². The summed E-state index contributed by atoms with van der Waals surface area (Å²) in [5.74, 6) is 0.435. The molecule has 12 nitrogen and oxygen atoms in total. The highest BCUT2D eigenvalue weighted by molar-refractivity contribution is 6.01. The van der Waals surface area contributed by atoms with Gasteiger partial charge in [0.05, 0.1) is 0 Å². The van der Waals surface area contributed by atoms with E-state index in [1.54, 1.807) is 18.2 Å². The maximum Gasteiger partial charge on any atom is 0.326 e. The normalized spacial score (nSPS) is 10.1. The van der Waals surface area contributed by atoms with Gasteiger partial charge in [-0.3, -0.25) is 10.6 Å². The van der Waals surface area contributed by atoms with Gasteiger partial charge in [0.25, 0.3) is 0 Å². The number of hydrogen-bond acceptors (Lipinski definition) is 6. The van der Waals surface area contributed by atoms with Crippen LogP contribution in [0.1, 0.15) is 5.56 Å². The van der Waals surface area contributed by atoms with Gasteiger partial charge in [-0.05, 0) is 24.6 Å². The topological polar surface area (TPSA) is 165 Å². The second-order valence-electron chi connectivity index (χ2n) is 4.86. The van der Waals surface area contributed by atoms with Crippen molar-refractivity contribution < 1.29 is 9.59 Å². The molecule has 0 aliphatic rings. The van der Waals surface area contributed by atoms with E-state index < -0.39 is 12.1 Å². The van der Waals surface area contributed by atoms with Crippen molar-refractivity contribution in [1.82, 2.24) is 30.4 Å². The molecule has 3 aromatic rings. The van der Waals surface area contributed by atoms with Gasteiger partial charge < -0.3 is 10.6 Å². The molecule has 0 saturated heterocycles. The Balaban J connectivity index is 1.63. The summed E-state index contributed by atoms with van der Waals surface area (Å²) in [4.78, 5) is 31.4. The number of amides is 4. The Morgan fingerprint density at radius 1 is 0.880 bits per heavy atom. The van der Waals surface area contributed by atoms with Crippen LogP contribution in [0, 0.1) is 6.92 Å². The molecule has 12 heteroatoms. The third-order valence-corrected chi connectivity index (χ3v) is 3.04. The lowest BCUT2D eigenvalue weighted by molar-refractivity contribution is 0.261. The van der Waals surface area contributed by atoms with Crippen LogP contribution in [0.3, 0.4) is 0 Å². The number of anilines is 4. The van der Waals surface area contributed by atoms with Crippen LogP contribution in [-0.4, -0.2) is 42.4 Å². The number of H-pyrrole nitrogens is 2. The molecular weight excluding hydrogens is 328 g/mol. The number of nitrogens with one attached hydrogen (secondary N) is 6. The zero-order chi connectivity index (χ0) is 17.6. The molecule has 25 heavy (non-hydrogen) atoms. The molecule has 0 aliphatic heterocycles. The molecular formula is C13H14N10O2.